The molecule has 0 fully saturated rings. The zero-order valence-electron chi connectivity index (χ0n) is 8.92. The summed E-state index contributed by atoms with van der Waals surface area (Å²) in [4.78, 5) is 24.7. The molecule has 0 bridgehead atoms. The molecular formula is C9H4F3N3O4. The fourth-order valence-corrected chi connectivity index (χ4v) is 1.46. The van der Waals surface area contributed by atoms with Crippen LogP contribution in [0.5, 0.6) is 0 Å². The van der Waals surface area contributed by atoms with Crippen LogP contribution < -0.4 is 0 Å². The topological polar surface area (TPSA) is 87.3 Å². The van der Waals surface area contributed by atoms with Gasteiger partial charge in [-0.1, -0.05) is 6.07 Å². The van der Waals surface area contributed by atoms with Gasteiger partial charge < -0.3 is 4.74 Å². The number of hydrogen-bond acceptors (Lipinski definition) is 5. The Kier molecular flexibility index (Phi) is 2.85. The number of benzene rings is 1. The first kappa shape index (κ1) is 12.8. The van der Waals surface area contributed by atoms with Crippen molar-refractivity contribution in [2.75, 3.05) is 0 Å². The molecular weight excluding hydrogens is 271 g/mol. The molecule has 0 radical (unpaired) electrons. The Labute approximate surface area is 102 Å². The number of ether oxygens (including phenoxy) is 1. The molecule has 19 heavy (non-hydrogen) atoms. The number of alkyl halides is 3. The molecule has 10 heteroatoms. The summed E-state index contributed by atoms with van der Waals surface area (Å²) in [6.07, 6.45) is -6.16. The molecule has 1 aromatic heterocycles. The average molecular weight is 275 g/mol. The Morgan fingerprint density at radius 3 is 2.68 bits per heavy atom. The lowest BCUT2D eigenvalue weighted by Gasteiger charge is -2.07. The maximum atomic E-state index is 11.9. The number of nitrogens with zero attached hydrogens (tertiary/aromatic N) is 3. The van der Waals surface area contributed by atoms with E-state index in [1.807, 2.05) is 0 Å². The molecule has 2 aromatic rings. The minimum atomic E-state index is -5.14. The number of carbonyl (C=O) groups is 1. The number of hydrogen-bond donors (Lipinski definition) is 0. The molecule has 0 atom stereocenters. The first-order chi connectivity index (χ1) is 8.79. The van der Waals surface area contributed by atoms with Gasteiger partial charge in [-0.15, -0.1) is 13.2 Å². The molecule has 2 rings (SSSR count). The van der Waals surface area contributed by atoms with E-state index in [-0.39, 0.29) is 11.0 Å². The Balaban J connectivity index is 2.50. The Hall–Kier alpha value is -2.65. The standard InChI is InChI=1S/C9H4F3N3O4/c10-9(11,12)19-8(16)14-4-13-7-5(14)2-1-3-6(7)15(17)18/h1-4H. The molecule has 0 aliphatic rings. The second-order valence-electron chi connectivity index (χ2n) is 3.33. The molecule has 0 aliphatic heterocycles. The van der Waals surface area contributed by atoms with Crippen LogP contribution in [-0.4, -0.2) is 26.9 Å². The Bertz CT molecular complexity index is 664. The number of non-ortho nitro benzene ring substituents is 1. The van der Waals surface area contributed by atoms with Gasteiger partial charge in [-0.2, -0.15) is 0 Å². The van der Waals surface area contributed by atoms with E-state index in [2.05, 4.69) is 9.72 Å². The van der Waals surface area contributed by atoms with Crippen molar-refractivity contribution < 1.29 is 27.6 Å². The highest BCUT2D eigenvalue weighted by Crippen LogP contribution is 2.25. The van der Waals surface area contributed by atoms with E-state index in [0.29, 0.717) is 4.57 Å². The molecule has 1 heterocycles. The maximum absolute atomic E-state index is 11.9. The Morgan fingerprint density at radius 2 is 2.11 bits per heavy atom. The predicted octanol–water partition coefficient (Wildman–Crippen LogP) is 2.45. The number of fused-ring (bicyclic) bond motifs is 1. The van der Waals surface area contributed by atoms with Crippen LogP contribution >= 0.6 is 0 Å². The average Bonchev–Trinajstić information content (AvgIpc) is 2.69. The molecule has 7 nitrogen and oxygen atoms in total. The summed E-state index contributed by atoms with van der Waals surface area (Å²) in [5.74, 6) is 0. The van der Waals surface area contributed by atoms with Crippen LogP contribution in [0, 0.1) is 10.1 Å². The first-order valence-electron chi connectivity index (χ1n) is 4.70. The second-order valence-corrected chi connectivity index (χ2v) is 3.33. The van der Waals surface area contributed by atoms with Crippen molar-refractivity contribution in [2.24, 2.45) is 0 Å². The van der Waals surface area contributed by atoms with Crippen LogP contribution in [0.2, 0.25) is 0 Å². The SMILES string of the molecule is O=C(OC(F)(F)F)n1cnc2c([N+](=O)[O-])cccc21. The van der Waals surface area contributed by atoms with Crippen molar-refractivity contribution >= 4 is 22.8 Å². The fourth-order valence-electron chi connectivity index (χ4n) is 1.46. The molecule has 0 saturated heterocycles. The normalized spacial score (nSPS) is 11.5. The molecule has 0 unspecified atom stereocenters. The smallest absolute Gasteiger partial charge is 0.355 e. The van der Waals surface area contributed by atoms with Gasteiger partial charge in [-0.3, -0.25) is 10.1 Å². The van der Waals surface area contributed by atoms with Gasteiger partial charge in [0, 0.05) is 6.07 Å². The summed E-state index contributed by atoms with van der Waals surface area (Å²) in [6, 6.07) is 3.56. The zero-order chi connectivity index (χ0) is 14.2. The lowest BCUT2D eigenvalue weighted by atomic mass is 10.3. The molecule has 0 spiro atoms. The van der Waals surface area contributed by atoms with Crippen LogP contribution in [0.25, 0.3) is 11.0 Å². The third-order valence-corrected chi connectivity index (χ3v) is 2.15. The summed E-state index contributed by atoms with van der Waals surface area (Å²) >= 11 is 0. The quantitative estimate of drug-likeness (QED) is 0.589. The molecule has 0 N–H and O–H groups in total. The van der Waals surface area contributed by atoms with Crippen LogP contribution in [0.1, 0.15) is 0 Å². The number of nitro groups is 1. The highest BCUT2D eigenvalue weighted by molar-refractivity contribution is 5.91. The summed E-state index contributed by atoms with van der Waals surface area (Å²) in [5, 5.41) is 10.7. The number of rotatable bonds is 1. The van der Waals surface area contributed by atoms with Gasteiger partial charge in [0.15, 0.2) is 5.52 Å². The third-order valence-electron chi connectivity index (χ3n) is 2.15. The number of nitro benzene ring substituents is 1. The summed E-state index contributed by atoms with van der Waals surface area (Å²) in [5.41, 5.74) is -0.772. The maximum Gasteiger partial charge on any atom is 0.576 e. The van der Waals surface area contributed by atoms with Crippen molar-refractivity contribution in [1.29, 1.82) is 0 Å². The van der Waals surface area contributed by atoms with Gasteiger partial charge in [0.25, 0.3) is 5.69 Å². The summed E-state index contributed by atoms with van der Waals surface area (Å²) < 4.78 is 39.4. The van der Waals surface area contributed by atoms with Gasteiger partial charge >= 0.3 is 12.5 Å². The van der Waals surface area contributed by atoms with Gasteiger partial charge in [0.05, 0.1) is 10.4 Å². The number of para-hydroxylation sites is 1. The third kappa shape index (κ3) is 2.46. The van der Waals surface area contributed by atoms with E-state index in [4.69, 9.17) is 0 Å². The zero-order valence-corrected chi connectivity index (χ0v) is 8.92. The van der Waals surface area contributed by atoms with Crippen LogP contribution in [0.15, 0.2) is 24.5 Å². The van der Waals surface area contributed by atoms with Gasteiger partial charge in [-0.05, 0) is 6.07 Å². The highest BCUT2D eigenvalue weighted by Gasteiger charge is 2.35. The minimum Gasteiger partial charge on any atom is -0.355 e. The molecule has 100 valence electrons. The van der Waals surface area contributed by atoms with E-state index < -0.39 is 23.1 Å². The molecule has 0 amide bonds. The van der Waals surface area contributed by atoms with E-state index in [1.165, 1.54) is 12.1 Å². The minimum absolute atomic E-state index is 0.150. The number of aromatic nitrogens is 2. The van der Waals surface area contributed by atoms with Crippen LogP contribution in [0.3, 0.4) is 0 Å². The highest BCUT2D eigenvalue weighted by atomic mass is 19.4. The Morgan fingerprint density at radius 1 is 1.42 bits per heavy atom. The van der Waals surface area contributed by atoms with Crippen molar-refractivity contribution in [3.8, 4) is 0 Å². The molecule has 0 saturated carbocycles. The number of halogens is 3. The van der Waals surface area contributed by atoms with E-state index in [1.54, 1.807) is 0 Å². The monoisotopic (exact) mass is 275 g/mol. The lowest BCUT2D eigenvalue weighted by molar-refractivity contribution is -0.383. The van der Waals surface area contributed by atoms with Crippen molar-refractivity contribution in [3.63, 3.8) is 0 Å². The van der Waals surface area contributed by atoms with Gasteiger partial charge in [0.2, 0.25) is 0 Å². The van der Waals surface area contributed by atoms with Crippen LogP contribution in [0.4, 0.5) is 23.7 Å². The summed E-state index contributed by atoms with van der Waals surface area (Å²) in [6.45, 7) is 0. The van der Waals surface area contributed by atoms with Crippen molar-refractivity contribution in [1.82, 2.24) is 9.55 Å². The van der Waals surface area contributed by atoms with Crippen molar-refractivity contribution in [3.05, 3.63) is 34.6 Å². The molecule has 1 aromatic carbocycles. The number of carbonyl (C=O) groups excluding carboxylic acids is 1. The van der Waals surface area contributed by atoms with E-state index in [9.17, 15) is 28.1 Å². The predicted molar refractivity (Wildman–Crippen MR) is 54.3 cm³/mol. The number of imidazole rings is 1. The largest absolute Gasteiger partial charge is 0.576 e. The van der Waals surface area contributed by atoms with Crippen LogP contribution in [-0.2, 0) is 4.74 Å². The fraction of sp³-hybridized carbons (Fsp3) is 0.111. The van der Waals surface area contributed by atoms with Gasteiger partial charge in [0.1, 0.15) is 6.33 Å². The molecule has 0 aliphatic carbocycles. The van der Waals surface area contributed by atoms with Gasteiger partial charge in [-0.25, -0.2) is 14.3 Å². The first-order valence-corrected chi connectivity index (χ1v) is 4.70. The second kappa shape index (κ2) is 4.23. The lowest BCUT2D eigenvalue weighted by Crippen LogP contribution is -2.23. The summed E-state index contributed by atoms with van der Waals surface area (Å²) in [7, 11) is 0. The van der Waals surface area contributed by atoms with E-state index in [0.717, 1.165) is 12.4 Å². The van der Waals surface area contributed by atoms with E-state index >= 15 is 0 Å². The van der Waals surface area contributed by atoms with Crippen molar-refractivity contribution in [2.45, 2.75) is 6.36 Å².